The highest BCUT2D eigenvalue weighted by molar-refractivity contribution is 6.35. The minimum atomic E-state index is -0.181. The van der Waals surface area contributed by atoms with Crippen LogP contribution in [0.5, 0.6) is 0 Å². The van der Waals surface area contributed by atoms with Gasteiger partial charge in [0.15, 0.2) is 5.69 Å². The van der Waals surface area contributed by atoms with Crippen molar-refractivity contribution in [2.45, 2.75) is 52.5 Å². The van der Waals surface area contributed by atoms with Crippen LogP contribution in [-0.4, -0.2) is 21.7 Å². The van der Waals surface area contributed by atoms with Crippen molar-refractivity contribution < 1.29 is 4.79 Å². The van der Waals surface area contributed by atoms with E-state index in [9.17, 15) is 4.79 Å². The third-order valence-electron chi connectivity index (χ3n) is 5.33. The van der Waals surface area contributed by atoms with Crippen molar-refractivity contribution in [3.63, 3.8) is 0 Å². The molecule has 1 unspecified atom stereocenters. The molecule has 1 atom stereocenters. The van der Waals surface area contributed by atoms with Gasteiger partial charge in [-0.1, -0.05) is 73.6 Å². The average Bonchev–Trinajstić information content (AvgIpc) is 3.08. The van der Waals surface area contributed by atoms with Crippen molar-refractivity contribution >= 4 is 40.7 Å². The third kappa shape index (κ3) is 5.43. The Morgan fingerprint density at radius 1 is 1.06 bits per heavy atom. The Morgan fingerprint density at radius 3 is 2.35 bits per heavy atom. The average molecular weight is 479 g/mol. The van der Waals surface area contributed by atoms with Crippen molar-refractivity contribution in [2.24, 2.45) is 0 Å². The van der Waals surface area contributed by atoms with Gasteiger partial charge in [-0.25, -0.2) is 4.68 Å². The van der Waals surface area contributed by atoms with E-state index in [4.69, 9.17) is 34.8 Å². The van der Waals surface area contributed by atoms with Gasteiger partial charge in [0.05, 0.1) is 16.4 Å². The predicted octanol–water partition coefficient (Wildman–Crippen LogP) is 7.51. The molecule has 0 aliphatic heterocycles. The van der Waals surface area contributed by atoms with Gasteiger partial charge in [0.25, 0.3) is 5.91 Å². The van der Waals surface area contributed by atoms with E-state index in [1.165, 1.54) is 0 Å². The van der Waals surface area contributed by atoms with Gasteiger partial charge in [-0.2, -0.15) is 5.10 Å². The molecule has 0 fully saturated rings. The smallest absolute Gasteiger partial charge is 0.272 e. The van der Waals surface area contributed by atoms with Crippen LogP contribution in [0.15, 0.2) is 42.5 Å². The molecule has 7 heteroatoms. The highest BCUT2D eigenvalue weighted by atomic mass is 35.5. The van der Waals surface area contributed by atoms with Crippen molar-refractivity contribution in [1.82, 2.24) is 15.1 Å². The molecule has 2 aromatic carbocycles. The normalized spacial score (nSPS) is 12.1. The lowest BCUT2D eigenvalue weighted by Gasteiger charge is -2.16. The zero-order chi connectivity index (χ0) is 22.5. The maximum Gasteiger partial charge on any atom is 0.272 e. The van der Waals surface area contributed by atoms with E-state index in [0.717, 1.165) is 42.5 Å². The quantitative estimate of drug-likeness (QED) is 0.364. The molecule has 164 valence electrons. The molecule has 0 bridgehead atoms. The van der Waals surface area contributed by atoms with Gasteiger partial charge < -0.3 is 5.32 Å². The SMILES string of the molecule is CCCCC(CC)NC(=O)c1nn(-c2ccc(Cl)cc2Cl)c(-c2ccc(Cl)cc2)c1C. The molecule has 0 spiro atoms. The Labute approximate surface area is 198 Å². The molecule has 1 N–H and O–H groups in total. The second-order valence-electron chi connectivity index (χ2n) is 7.56. The molecule has 4 nitrogen and oxygen atoms in total. The van der Waals surface area contributed by atoms with E-state index in [2.05, 4.69) is 24.3 Å². The number of halogens is 3. The summed E-state index contributed by atoms with van der Waals surface area (Å²) >= 11 is 18.7. The zero-order valence-electron chi connectivity index (χ0n) is 17.9. The van der Waals surface area contributed by atoms with Crippen LogP contribution >= 0.6 is 34.8 Å². The number of amides is 1. The zero-order valence-corrected chi connectivity index (χ0v) is 20.2. The lowest BCUT2D eigenvalue weighted by Crippen LogP contribution is -2.35. The molecule has 1 heterocycles. The van der Waals surface area contributed by atoms with Crippen LogP contribution in [0.4, 0.5) is 0 Å². The van der Waals surface area contributed by atoms with Crippen LogP contribution in [0, 0.1) is 6.92 Å². The maximum atomic E-state index is 13.2. The Balaban J connectivity index is 2.09. The van der Waals surface area contributed by atoms with Crippen LogP contribution in [0.25, 0.3) is 16.9 Å². The Hall–Kier alpha value is -2.01. The number of unbranched alkanes of at least 4 members (excludes halogenated alkanes) is 1. The second-order valence-corrected chi connectivity index (χ2v) is 8.84. The molecule has 0 radical (unpaired) electrons. The van der Waals surface area contributed by atoms with Crippen LogP contribution in [0.3, 0.4) is 0 Å². The highest BCUT2D eigenvalue weighted by Crippen LogP contribution is 2.33. The molecule has 3 rings (SSSR count). The Morgan fingerprint density at radius 2 is 1.74 bits per heavy atom. The van der Waals surface area contributed by atoms with E-state index < -0.39 is 0 Å². The fourth-order valence-corrected chi connectivity index (χ4v) is 4.18. The number of carbonyl (C=O) groups is 1. The number of aromatic nitrogens is 2. The molecule has 31 heavy (non-hydrogen) atoms. The standard InChI is InChI=1S/C24H26Cl3N3O/c1-4-6-7-19(5-2)28-24(31)22-15(3)23(16-8-10-17(25)11-9-16)30(29-22)21-13-12-18(26)14-20(21)27/h8-14,19H,4-7H2,1-3H3,(H,28,31). The Bertz CT molecular complexity index is 1060. The van der Waals surface area contributed by atoms with E-state index in [0.29, 0.717) is 26.4 Å². The van der Waals surface area contributed by atoms with Crippen molar-refractivity contribution in [2.75, 3.05) is 0 Å². The third-order valence-corrected chi connectivity index (χ3v) is 6.12. The molecule has 3 aromatic rings. The highest BCUT2D eigenvalue weighted by Gasteiger charge is 2.24. The summed E-state index contributed by atoms with van der Waals surface area (Å²) < 4.78 is 1.71. The van der Waals surface area contributed by atoms with E-state index in [1.54, 1.807) is 22.9 Å². The maximum absolute atomic E-state index is 13.2. The topological polar surface area (TPSA) is 46.9 Å². The van der Waals surface area contributed by atoms with E-state index in [1.807, 2.05) is 31.2 Å². The van der Waals surface area contributed by atoms with Gasteiger partial charge >= 0.3 is 0 Å². The lowest BCUT2D eigenvalue weighted by atomic mass is 10.0. The van der Waals surface area contributed by atoms with Crippen molar-refractivity contribution in [1.29, 1.82) is 0 Å². The number of nitrogens with one attached hydrogen (secondary N) is 1. The van der Waals surface area contributed by atoms with Crippen molar-refractivity contribution in [3.8, 4) is 16.9 Å². The number of hydrogen-bond donors (Lipinski definition) is 1. The summed E-state index contributed by atoms with van der Waals surface area (Å²) in [5, 5.41) is 9.44. The first-order valence-electron chi connectivity index (χ1n) is 10.5. The van der Waals surface area contributed by atoms with Crippen molar-refractivity contribution in [3.05, 3.63) is 68.8 Å². The van der Waals surface area contributed by atoms with Crippen LogP contribution in [-0.2, 0) is 0 Å². The number of hydrogen-bond acceptors (Lipinski definition) is 2. The van der Waals surface area contributed by atoms with Crippen LogP contribution in [0.2, 0.25) is 15.1 Å². The molecule has 1 amide bonds. The number of rotatable bonds is 8. The predicted molar refractivity (Wildman–Crippen MR) is 130 cm³/mol. The number of carbonyl (C=O) groups excluding carboxylic acids is 1. The monoisotopic (exact) mass is 477 g/mol. The first-order chi connectivity index (χ1) is 14.8. The molecular weight excluding hydrogens is 453 g/mol. The first-order valence-corrected chi connectivity index (χ1v) is 11.6. The van der Waals surface area contributed by atoms with E-state index >= 15 is 0 Å². The fourth-order valence-electron chi connectivity index (χ4n) is 3.57. The van der Waals surface area contributed by atoms with Gasteiger partial charge in [0.2, 0.25) is 0 Å². The summed E-state index contributed by atoms with van der Waals surface area (Å²) in [6, 6.07) is 12.8. The van der Waals surface area contributed by atoms with E-state index in [-0.39, 0.29) is 11.9 Å². The fraction of sp³-hybridized carbons (Fsp3) is 0.333. The Kier molecular flexibility index (Phi) is 8.04. The van der Waals surface area contributed by atoms with Gasteiger partial charge in [-0.15, -0.1) is 0 Å². The summed E-state index contributed by atoms with van der Waals surface area (Å²) in [6.45, 7) is 6.13. The summed E-state index contributed by atoms with van der Waals surface area (Å²) in [6.07, 6.45) is 3.99. The summed E-state index contributed by atoms with van der Waals surface area (Å²) in [5.41, 5.74) is 3.48. The number of nitrogens with zero attached hydrogens (tertiary/aromatic N) is 2. The van der Waals surface area contributed by atoms with Gasteiger partial charge in [-0.3, -0.25) is 4.79 Å². The molecule has 0 saturated heterocycles. The minimum absolute atomic E-state index is 0.120. The van der Waals surface area contributed by atoms with Crippen LogP contribution < -0.4 is 5.32 Å². The lowest BCUT2D eigenvalue weighted by molar-refractivity contribution is 0.0927. The molecule has 1 aromatic heterocycles. The molecule has 0 aliphatic rings. The minimum Gasteiger partial charge on any atom is -0.348 e. The summed E-state index contributed by atoms with van der Waals surface area (Å²) in [5.74, 6) is -0.181. The molecule has 0 saturated carbocycles. The molecular formula is C24H26Cl3N3O. The first kappa shape index (κ1) is 23.6. The van der Waals surface area contributed by atoms with Gasteiger partial charge in [-0.05, 0) is 50.1 Å². The van der Waals surface area contributed by atoms with Gasteiger partial charge in [0.1, 0.15) is 0 Å². The number of benzene rings is 2. The largest absolute Gasteiger partial charge is 0.348 e. The molecule has 0 aliphatic carbocycles. The summed E-state index contributed by atoms with van der Waals surface area (Å²) in [7, 11) is 0. The van der Waals surface area contributed by atoms with Crippen LogP contribution in [0.1, 0.15) is 55.6 Å². The summed E-state index contributed by atoms with van der Waals surface area (Å²) in [4.78, 5) is 13.2. The second kappa shape index (κ2) is 10.5. The van der Waals surface area contributed by atoms with Gasteiger partial charge in [0, 0.05) is 27.2 Å².